The van der Waals surface area contributed by atoms with Crippen LogP contribution in [0.25, 0.3) is 0 Å². The van der Waals surface area contributed by atoms with Crippen molar-refractivity contribution >= 4 is 28.2 Å². The van der Waals surface area contributed by atoms with E-state index in [0.717, 1.165) is 24.8 Å². The highest BCUT2D eigenvalue weighted by Crippen LogP contribution is 2.44. The van der Waals surface area contributed by atoms with E-state index >= 15 is 0 Å². The minimum Gasteiger partial charge on any atom is -0.348 e. The molecule has 2 aromatic rings. The largest absolute Gasteiger partial charge is 0.348 e. The normalized spacial score (nSPS) is 16.2. The molecule has 1 aromatic carbocycles. The van der Waals surface area contributed by atoms with Gasteiger partial charge in [-0.25, -0.2) is 0 Å². The maximum Gasteiger partial charge on any atom is 0.256 e. The van der Waals surface area contributed by atoms with E-state index in [1.54, 1.807) is 29.5 Å². The average Bonchev–Trinajstić information content (AvgIpc) is 3.03. The number of anilines is 1. The van der Waals surface area contributed by atoms with Gasteiger partial charge in [0.1, 0.15) is 5.00 Å². The lowest BCUT2D eigenvalue weighted by Gasteiger charge is -2.33. The van der Waals surface area contributed by atoms with E-state index < -0.39 is 0 Å². The minimum absolute atomic E-state index is 0.144. The summed E-state index contributed by atoms with van der Waals surface area (Å²) in [5.41, 5.74) is 2.52. The van der Waals surface area contributed by atoms with Crippen molar-refractivity contribution in [2.45, 2.75) is 40.0 Å². The van der Waals surface area contributed by atoms with E-state index in [1.165, 1.54) is 4.88 Å². The van der Waals surface area contributed by atoms with Crippen LogP contribution in [-0.2, 0) is 12.8 Å². The average molecular weight is 397 g/mol. The van der Waals surface area contributed by atoms with Crippen molar-refractivity contribution in [1.29, 1.82) is 0 Å². The van der Waals surface area contributed by atoms with E-state index in [4.69, 9.17) is 0 Å². The molecular formula is C23H28N2O2S. The fourth-order valence-corrected chi connectivity index (χ4v) is 4.99. The Bertz CT molecular complexity index is 878. The summed E-state index contributed by atoms with van der Waals surface area (Å²) in [5.74, 6) is 0.236. The standard InChI is InChI=1S/C23H28N2O2S/c1-5-13-24-21(27)19-17-12-11-16(23(2,3)4)14-18(17)28-22(19)25-20(26)15-9-7-6-8-10-15/h5-10,16H,1,11-14H2,2-4H3,(H,24,27)(H,25,26)/t16-/m0/s1. The van der Waals surface area contributed by atoms with Crippen molar-refractivity contribution in [2.75, 3.05) is 11.9 Å². The zero-order valence-corrected chi connectivity index (χ0v) is 17.6. The van der Waals surface area contributed by atoms with E-state index in [9.17, 15) is 9.59 Å². The van der Waals surface area contributed by atoms with Gasteiger partial charge < -0.3 is 10.6 Å². The van der Waals surface area contributed by atoms with E-state index in [2.05, 4.69) is 38.0 Å². The summed E-state index contributed by atoms with van der Waals surface area (Å²) in [7, 11) is 0. The van der Waals surface area contributed by atoms with Gasteiger partial charge in [0, 0.05) is 17.0 Å². The first kappa shape index (κ1) is 20.3. The van der Waals surface area contributed by atoms with Gasteiger partial charge in [-0.05, 0) is 48.3 Å². The Morgan fingerprint density at radius 1 is 1.21 bits per heavy atom. The van der Waals surface area contributed by atoms with Crippen LogP contribution in [0.1, 0.15) is 58.3 Å². The molecule has 2 N–H and O–H groups in total. The molecule has 3 rings (SSSR count). The molecule has 0 saturated carbocycles. The number of hydrogen-bond acceptors (Lipinski definition) is 3. The Hall–Kier alpha value is -2.40. The molecule has 0 aliphatic heterocycles. The van der Waals surface area contributed by atoms with Crippen molar-refractivity contribution in [3.63, 3.8) is 0 Å². The summed E-state index contributed by atoms with van der Waals surface area (Å²) < 4.78 is 0. The van der Waals surface area contributed by atoms with Crippen molar-refractivity contribution in [3.05, 3.63) is 64.6 Å². The van der Waals surface area contributed by atoms with Crippen molar-refractivity contribution in [1.82, 2.24) is 5.32 Å². The van der Waals surface area contributed by atoms with Crippen LogP contribution in [0.3, 0.4) is 0 Å². The Labute approximate surface area is 171 Å². The number of rotatable bonds is 5. The number of benzene rings is 1. The lowest BCUT2D eigenvalue weighted by molar-refractivity contribution is 0.0957. The van der Waals surface area contributed by atoms with E-state index in [0.29, 0.717) is 28.6 Å². The second-order valence-corrected chi connectivity index (χ2v) is 9.44. The van der Waals surface area contributed by atoms with Gasteiger partial charge in [-0.3, -0.25) is 9.59 Å². The number of thiophene rings is 1. The second-order valence-electron chi connectivity index (χ2n) is 8.33. The SMILES string of the molecule is C=CCNC(=O)c1c(NC(=O)c2ccccc2)sc2c1CC[C@H](C(C)(C)C)C2. The van der Waals surface area contributed by atoms with Gasteiger partial charge in [0.25, 0.3) is 11.8 Å². The van der Waals surface area contributed by atoms with Crippen LogP contribution in [0.15, 0.2) is 43.0 Å². The van der Waals surface area contributed by atoms with Gasteiger partial charge in [-0.1, -0.05) is 45.0 Å². The van der Waals surface area contributed by atoms with Crippen molar-refractivity contribution in [2.24, 2.45) is 11.3 Å². The second kappa shape index (κ2) is 8.31. The molecule has 28 heavy (non-hydrogen) atoms. The first-order valence-electron chi connectivity index (χ1n) is 9.71. The number of carbonyl (C=O) groups excluding carboxylic acids is 2. The molecule has 1 aliphatic rings. The van der Waals surface area contributed by atoms with Crippen LogP contribution in [0.2, 0.25) is 0 Å². The molecule has 0 saturated heterocycles. The highest BCUT2D eigenvalue weighted by molar-refractivity contribution is 7.17. The van der Waals surface area contributed by atoms with E-state index in [-0.39, 0.29) is 17.2 Å². The zero-order chi connectivity index (χ0) is 20.3. The van der Waals surface area contributed by atoms with Crippen LogP contribution < -0.4 is 10.6 Å². The molecule has 5 heteroatoms. The molecule has 1 aliphatic carbocycles. The Morgan fingerprint density at radius 2 is 1.93 bits per heavy atom. The molecule has 0 radical (unpaired) electrons. The zero-order valence-electron chi connectivity index (χ0n) is 16.8. The molecular weight excluding hydrogens is 368 g/mol. The Kier molecular flexibility index (Phi) is 6.04. The number of carbonyl (C=O) groups is 2. The molecule has 1 atom stereocenters. The Morgan fingerprint density at radius 3 is 2.57 bits per heavy atom. The third-order valence-corrected chi connectivity index (χ3v) is 6.56. The highest BCUT2D eigenvalue weighted by atomic mass is 32.1. The smallest absolute Gasteiger partial charge is 0.256 e. The van der Waals surface area contributed by atoms with Crippen molar-refractivity contribution in [3.8, 4) is 0 Å². The lowest BCUT2D eigenvalue weighted by Crippen LogP contribution is -2.28. The summed E-state index contributed by atoms with van der Waals surface area (Å²) in [6.45, 7) is 10.9. The topological polar surface area (TPSA) is 58.2 Å². The summed E-state index contributed by atoms with van der Waals surface area (Å²) in [4.78, 5) is 26.8. The van der Waals surface area contributed by atoms with Gasteiger partial charge in [0.05, 0.1) is 5.56 Å². The van der Waals surface area contributed by atoms with Crippen molar-refractivity contribution < 1.29 is 9.59 Å². The van der Waals surface area contributed by atoms with Crippen LogP contribution in [0, 0.1) is 11.3 Å². The fraction of sp³-hybridized carbons (Fsp3) is 0.391. The molecule has 1 aromatic heterocycles. The predicted octanol–water partition coefficient (Wildman–Crippen LogP) is 5.07. The third-order valence-electron chi connectivity index (χ3n) is 5.39. The molecule has 148 valence electrons. The fourth-order valence-electron chi connectivity index (χ4n) is 3.67. The quantitative estimate of drug-likeness (QED) is 0.694. The predicted molar refractivity (Wildman–Crippen MR) is 116 cm³/mol. The molecule has 1 heterocycles. The monoisotopic (exact) mass is 396 g/mol. The maximum absolute atomic E-state index is 12.9. The molecule has 0 fully saturated rings. The van der Waals surface area contributed by atoms with Crippen LogP contribution >= 0.6 is 11.3 Å². The number of amides is 2. The first-order valence-corrected chi connectivity index (χ1v) is 10.5. The number of nitrogens with one attached hydrogen (secondary N) is 2. The van der Waals surface area contributed by atoms with Gasteiger partial charge in [-0.2, -0.15) is 0 Å². The molecule has 0 unspecified atom stereocenters. The Balaban J connectivity index is 1.94. The van der Waals surface area contributed by atoms with Crippen LogP contribution in [0.4, 0.5) is 5.00 Å². The van der Waals surface area contributed by atoms with Gasteiger partial charge in [0.15, 0.2) is 0 Å². The number of hydrogen-bond donors (Lipinski definition) is 2. The summed E-state index contributed by atoms with van der Waals surface area (Å²) in [6, 6.07) is 9.09. The third kappa shape index (κ3) is 4.36. The molecule has 2 amide bonds. The summed E-state index contributed by atoms with van der Waals surface area (Å²) in [5, 5.41) is 6.51. The number of fused-ring (bicyclic) bond motifs is 1. The highest BCUT2D eigenvalue weighted by Gasteiger charge is 2.34. The molecule has 4 nitrogen and oxygen atoms in total. The first-order chi connectivity index (χ1) is 13.3. The summed E-state index contributed by atoms with van der Waals surface area (Å²) in [6.07, 6.45) is 4.54. The molecule has 0 spiro atoms. The van der Waals surface area contributed by atoms with Gasteiger partial charge in [0.2, 0.25) is 0 Å². The van der Waals surface area contributed by atoms with Gasteiger partial charge in [-0.15, -0.1) is 17.9 Å². The summed E-state index contributed by atoms with van der Waals surface area (Å²) >= 11 is 1.55. The van der Waals surface area contributed by atoms with Crippen LogP contribution in [0.5, 0.6) is 0 Å². The maximum atomic E-state index is 12.9. The minimum atomic E-state index is -0.190. The lowest BCUT2D eigenvalue weighted by atomic mass is 9.72. The van der Waals surface area contributed by atoms with Crippen LogP contribution in [-0.4, -0.2) is 18.4 Å². The molecule has 0 bridgehead atoms. The van der Waals surface area contributed by atoms with Gasteiger partial charge >= 0.3 is 0 Å². The van der Waals surface area contributed by atoms with E-state index in [1.807, 2.05) is 18.2 Å².